The van der Waals surface area contributed by atoms with E-state index >= 15 is 0 Å². The molecule has 2 aliphatic heterocycles. The van der Waals surface area contributed by atoms with E-state index in [9.17, 15) is 0 Å². The van der Waals surface area contributed by atoms with Gasteiger partial charge in [0.15, 0.2) is 0 Å². The Morgan fingerprint density at radius 2 is 1.55 bits per heavy atom. The molecular weight excluding hydrogens is 326 g/mol. The van der Waals surface area contributed by atoms with Gasteiger partial charge in [-0.3, -0.25) is 0 Å². The molecule has 6 nitrogen and oxygen atoms in total. The Kier molecular flexibility index (Phi) is 5.29. The molecule has 0 amide bonds. The minimum Gasteiger partial charge on any atom is -0.432 e. The molecule has 0 radical (unpaired) electrons. The van der Waals surface area contributed by atoms with Gasteiger partial charge in [0.05, 0.1) is 37.6 Å². The van der Waals surface area contributed by atoms with Crippen molar-refractivity contribution in [2.75, 3.05) is 26.4 Å². The average molecular weight is 344 g/mol. The lowest BCUT2D eigenvalue weighted by Gasteiger charge is -2.41. The second kappa shape index (κ2) is 7.22. The van der Waals surface area contributed by atoms with Gasteiger partial charge in [0.2, 0.25) is 0 Å². The van der Waals surface area contributed by atoms with Crippen molar-refractivity contribution in [2.24, 2.45) is 5.41 Å². The third-order valence-corrected chi connectivity index (χ3v) is 5.24. The summed E-state index contributed by atoms with van der Waals surface area (Å²) in [5.41, 5.74) is -0.295. The third kappa shape index (κ3) is 4.17. The van der Waals surface area contributed by atoms with Crippen LogP contribution in [0.1, 0.15) is 6.92 Å². The van der Waals surface area contributed by atoms with Crippen molar-refractivity contribution in [3.05, 3.63) is 42.7 Å². The van der Waals surface area contributed by atoms with Gasteiger partial charge in [0, 0.05) is 0 Å². The first-order chi connectivity index (χ1) is 10.7. The molecule has 2 heterocycles. The monoisotopic (exact) mass is 344 g/mol. The van der Waals surface area contributed by atoms with E-state index in [2.05, 4.69) is 6.58 Å². The van der Waals surface area contributed by atoms with Gasteiger partial charge in [-0.1, -0.05) is 24.8 Å². The molecule has 120 valence electrons. The lowest BCUT2D eigenvalue weighted by Crippen LogP contribution is -2.44. The largest absolute Gasteiger partial charge is 0.432 e. The summed E-state index contributed by atoms with van der Waals surface area (Å²) in [6.07, 6.45) is 0. The highest BCUT2D eigenvalue weighted by atomic mass is 31.2. The number of hydrogen-bond acceptors (Lipinski definition) is 6. The first-order valence-electron chi connectivity index (χ1n) is 6.84. The Labute approximate surface area is 132 Å². The van der Waals surface area contributed by atoms with Gasteiger partial charge in [0.25, 0.3) is 0 Å². The van der Waals surface area contributed by atoms with Crippen molar-refractivity contribution in [2.45, 2.75) is 6.92 Å². The molecule has 0 aliphatic carbocycles. The molecule has 1 aromatic carbocycles. The summed E-state index contributed by atoms with van der Waals surface area (Å²) in [6, 6.07) is 9.48. The summed E-state index contributed by atoms with van der Waals surface area (Å²) >= 11 is 0. The van der Waals surface area contributed by atoms with Gasteiger partial charge in [-0.15, -0.1) is 0 Å². The number of allylic oxidation sites excluding steroid dienone is 1. The molecule has 0 N–H and O–H groups in total. The fourth-order valence-corrected chi connectivity index (χ4v) is 4.31. The zero-order chi connectivity index (χ0) is 15.4. The SMILES string of the molecule is C=C(C)OP1OCC2(CO1)COP(Oc1ccccc1)OC2. The molecule has 3 rings (SSSR count). The van der Waals surface area contributed by atoms with Crippen molar-refractivity contribution in [1.82, 2.24) is 0 Å². The fraction of sp³-hybridized carbons (Fsp3) is 0.429. The van der Waals surface area contributed by atoms with E-state index in [0.29, 0.717) is 32.2 Å². The van der Waals surface area contributed by atoms with Crippen LogP contribution in [-0.2, 0) is 22.6 Å². The first-order valence-corrected chi connectivity index (χ1v) is 9.03. The van der Waals surface area contributed by atoms with Crippen molar-refractivity contribution >= 4 is 17.2 Å². The Balaban J connectivity index is 1.47. The topological polar surface area (TPSA) is 55.4 Å². The molecular formula is C14H18O6P2. The molecule has 0 saturated carbocycles. The van der Waals surface area contributed by atoms with E-state index in [1.165, 1.54) is 0 Å². The molecule has 0 bridgehead atoms. The average Bonchev–Trinajstić information content (AvgIpc) is 2.53. The van der Waals surface area contributed by atoms with Crippen LogP contribution in [-0.4, -0.2) is 26.4 Å². The first kappa shape index (κ1) is 16.1. The molecule has 1 spiro atoms. The summed E-state index contributed by atoms with van der Waals surface area (Å²) in [5.74, 6) is 1.32. The van der Waals surface area contributed by atoms with Crippen LogP contribution in [0, 0.1) is 5.41 Å². The predicted octanol–water partition coefficient (Wildman–Crippen LogP) is 4.15. The van der Waals surface area contributed by atoms with Gasteiger partial charge in [0.1, 0.15) is 5.75 Å². The Morgan fingerprint density at radius 3 is 2.09 bits per heavy atom. The predicted molar refractivity (Wildman–Crippen MR) is 83.1 cm³/mol. The molecule has 0 unspecified atom stereocenters. The van der Waals surface area contributed by atoms with E-state index in [1.54, 1.807) is 6.92 Å². The van der Waals surface area contributed by atoms with Gasteiger partial charge in [-0.25, -0.2) is 0 Å². The number of rotatable bonds is 4. The Morgan fingerprint density at radius 1 is 1.00 bits per heavy atom. The van der Waals surface area contributed by atoms with Crippen molar-refractivity contribution in [1.29, 1.82) is 0 Å². The molecule has 2 fully saturated rings. The van der Waals surface area contributed by atoms with E-state index in [1.807, 2.05) is 30.3 Å². The molecule has 1 aromatic rings. The summed E-state index contributed by atoms with van der Waals surface area (Å²) in [7, 11) is -2.72. The zero-order valence-corrected chi connectivity index (χ0v) is 14.1. The lowest BCUT2D eigenvalue weighted by atomic mass is 9.93. The van der Waals surface area contributed by atoms with Crippen LogP contribution in [0.5, 0.6) is 5.75 Å². The van der Waals surface area contributed by atoms with Gasteiger partial charge in [-0.05, 0) is 19.1 Å². The van der Waals surface area contributed by atoms with Crippen molar-refractivity contribution < 1.29 is 27.1 Å². The summed E-state index contributed by atoms with van der Waals surface area (Å²) in [4.78, 5) is 0. The van der Waals surface area contributed by atoms with Crippen LogP contribution in [0.3, 0.4) is 0 Å². The van der Waals surface area contributed by atoms with Crippen LogP contribution >= 0.6 is 17.2 Å². The minimum absolute atomic E-state index is 0.295. The Bertz CT molecular complexity index is 493. The molecule has 2 aliphatic rings. The van der Waals surface area contributed by atoms with Crippen LogP contribution in [0.2, 0.25) is 0 Å². The highest BCUT2D eigenvalue weighted by molar-refractivity contribution is 7.42. The van der Waals surface area contributed by atoms with Crippen molar-refractivity contribution in [3.8, 4) is 5.75 Å². The second-order valence-electron chi connectivity index (χ2n) is 5.24. The molecule has 0 atom stereocenters. The maximum Gasteiger partial charge on any atom is 0.397 e. The van der Waals surface area contributed by atoms with Crippen LogP contribution < -0.4 is 4.52 Å². The van der Waals surface area contributed by atoms with Crippen LogP contribution in [0.25, 0.3) is 0 Å². The third-order valence-electron chi connectivity index (χ3n) is 3.06. The highest BCUT2D eigenvalue weighted by Crippen LogP contribution is 2.53. The van der Waals surface area contributed by atoms with Gasteiger partial charge in [-0.2, -0.15) is 0 Å². The summed E-state index contributed by atoms with van der Waals surface area (Å²) in [6.45, 7) is 7.33. The van der Waals surface area contributed by atoms with E-state index < -0.39 is 17.2 Å². The maximum absolute atomic E-state index is 5.70. The lowest BCUT2D eigenvalue weighted by molar-refractivity contribution is -0.0695. The van der Waals surface area contributed by atoms with Gasteiger partial charge < -0.3 is 27.1 Å². The quantitative estimate of drug-likeness (QED) is 0.604. The standard InChI is InChI=1S/C14H18O6P2/c1-12(2)19-21-15-8-14(9-16-21)10-17-22(18-11-14)20-13-6-4-3-5-7-13/h3-7H,1,8-11H2,2H3. The number of hydrogen-bond donors (Lipinski definition) is 0. The molecule has 2 saturated heterocycles. The summed E-state index contributed by atoms with van der Waals surface area (Å²) < 4.78 is 33.6. The van der Waals surface area contributed by atoms with E-state index in [0.717, 1.165) is 5.75 Å². The zero-order valence-electron chi connectivity index (χ0n) is 12.3. The fourth-order valence-electron chi connectivity index (χ4n) is 1.88. The van der Waals surface area contributed by atoms with Crippen molar-refractivity contribution in [3.63, 3.8) is 0 Å². The highest BCUT2D eigenvalue weighted by Gasteiger charge is 2.44. The molecule has 22 heavy (non-hydrogen) atoms. The summed E-state index contributed by atoms with van der Waals surface area (Å²) in [5, 5.41) is 0. The molecule has 0 aromatic heterocycles. The Hall–Kier alpha value is -0.740. The normalized spacial score (nSPS) is 31.7. The molecule has 8 heteroatoms. The van der Waals surface area contributed by atoms with Crippen LogP contribution in [0.4, 0.5) is 0 Å². The maximum atomic E-state index is 5.70. The van der Waals surface area contributed by atoms with Crippen LogP contribution in [0.15, 0.2) is 42.7 Å². The van der Waals surface area contributed by atoms with E-state index in [4.69, 9.17) is 27.1 Å². The van der Waals surface area contributed by atoms with Gasteiger partial charge >= 0.3 is 17.2 Å². The smallest absolute Gasteiger partial charge is 0.397 e. The minimum atomic E-state index is -1.37. The van der Waals surface area contributed by atoms with E-state index in [-0.39, 0.29) is 5.41 Å². The number of benzene rings is 1. The second-order valence-corrected chi connectivity index (χ2v) is 7.53. The number of para-hydroxylation sites is 1.